The molecule has 0 saturated carbocycles. The molecule has 1 aromatic rings. The minimum atomic E-state index is 0.100. The average Bonchev–Trinajstić information content (AvgIpc) is 2.17. The van der Waals surface area contributed by atoms with Gasteiger partial charge in [-0.05, 0) is 24.0 Å². The van der Waals surface area contributed by atoms with E-state index < -0.39 is 0 Å². The molecule has 0 aliphatic heterocycles. The molecule has 1 rings (SSSR count). The second-order valence-corrected chi connectivity index (χ2v) is 4.50. The van der Waals surface area contributed by atoms with E-state index in [1.54, 1.807) is 0 Å². The van der Waals surface area contributed by atoms with Gasteiger partial charge in [0.15, 0.2) is 6.79 Å². The van der Waals surface area contributed by atoms with Crippen LogP contribution in [0.4, 0.5) is 0 Å². The van der Waals surface area contributed by atoms with Gasteiger partial charge in [-0.25, -0.2) is 0 Å². The zero-order valence-corrected chi connectivity index (χ0v) is 10.0. The SMILES string of the molecule is CCOCOc1ccccc1C(C)(C)C. The van der Waals surface area contributed by atoms with Gasteiger partial charge in [-0.2, -0.15) is 0 Å². The van der Waals surface area contributed by atoms with Gasteiger partial charge in [0, 0.05) is 6.61 Å². The highest BCUT2D eigenvalue weighted by Gasteiger charge is 2.18. The third-order valence-corrected chi connectivity index (χ3v) is 2.20. The summed E-state index contributed by atoms with van der Waals surface area (Å²) in [6.45, 7) is 9.49. The summed E-state index contributed by atoms with van der Waals surface area (Å²) in [5.74, 6) is 0.915. The summed E-state index contributed by atoms with van der Waals surface area (Å²) in [7, 11) is 0. The maximum Gasteiger partial charge on any atom is 0.189 e. The number of rotatable bonds is 4. The zero-order valence-electron chi connectivity index (χ0n) is 10.0. The summed E-state index contributed by atoms with van der Waals surface area (Å²) >= 11 is 0. The quantitative estimate of drug-likeness (QED) is 0.558. The number of hydrogen-bond acceptors (Lipinski definition) is 2. The Morgan fingerprint density at radius 3 is 2.40 bits per heavy atom. The van der Waals surface area contributed by atoms with Crippen molar-refractivity contribution >= 4 is 0 Å². The van der Waals surface area contributed by atoms with Crippen molar-refractivity contribution in [3.05, 3.63) is 29.8 Å². The van der Waals surface area contributed by atoms with Crippen LogP contribution in [0.3, 0.4) is 0 Å². The molecule has 15 heavy (non-hydrogen) atoms. The lowest BCUT2D eigenvalue weighted by Crippen LogP contribution is -2.14. The topological polar surface area (TPSA) is 18.5 Å². The lowest BCUT2D eigenvalue weighted by molar-refractivity contribution is 0.0214. The maximum atomic E-state index is 5.58. The summed E-state index contributed by atoms with van der Waals surface area (Å²) in [4.78, 5) is 0. The molecule has 0 saturated heterocycles. The van der Waals surface area contributed by atoms with Gasteiger partial charge in [-0.15, -0.1) is 0 Å². The third-order valence-electron chi connectivity index (χ3n) is 2.20. The van der Waals surface area contributed by atoms with Crippen LogP contribution in [0.5, 0.6) is 5.75 Å². The number of benzene rings is 1. The monoisotopic (exact) mass is 208 g/mol. The van der Waals surface area contributed by atoms with Gasteiger partial charge >= 0.3 is 0 Å². The molecule has 0 spiro atoms. The first-order valence-electron chi connectivity index (χ1n) is 5.35. The van der Waals surface area contributed by atoms with Gasteiger partial charge in [0.1, 0.15) is 5.75 Å². The Morgan fingerprint density at radius 2 is 1.80 bits per heavy atom. The Labute approximate surface area is 92.2 Å². The number of para-hydroxylation sites is 1. The van der Waals surface area contributed by atoms with E-state index in [9.17, 15) is 0 Å². The van der Waals surface area contributed by atoms with Crippen LogP contribution in [-0.4, -0.2) is 13.4 Å². The minimum absolute atomic E-state index is 0.100. The fourth-order valence-corrected chi connectivity index (χ4v) is 1.40. The molecule has 2 heteroatoms. The van der Waals surface area contributed by atoms with Crippen LogP contribution in [0.1, 0.15) is 33.3 Å². The van der Waals surface area contributed by atoms with E-state index in [1.807, 2.05) is 25.1 Å². The molecule has 2 nitrogen and oxygen atoms in total. The second-order valence-electron chi connectivity index (χ2n) is 4.50. The molecule has 0 amide bonds. The molecule has 0 aliphatic carbocycles. The summed E-state index contributed by atoms with van der Waals surface area (Å²) in [6.07, 6.45) is 0. The van der Waals surface area contributed by atoms with Crippen molar-refractivity contribution in [3.8, 4) is 5.75 Å². The fraction of sp³-hybridized carbons (Fsp3) is 0.538. The summed E-state index contributed by atoms with van der Waals surface area (Å²) in [5, 5.41) is 0. The van der Waals surface area contributed by atoms with Gasteiger partial charge in [0.25, 0.3) is 0 Å². The van der Waals surface area contributed by atoms with Crippen molar-refractivity contribution in [1.82, 2.24) is 0 Å². The lowest BCUT2D eigenvalue weighted by Gasteiger charge is -2.22. The van der Waals surface area contributed by atoms with E-state index in [0.717, 1.165) is 5.75 Å². The summed E-state index contributed by atoms with van der Waals surface area (Å²) in [6, 6.07) is 8.10. The molecule has 0 unspecified atom stereocenters. The molecule has 0 N–H and O–H groups in total. The minimum Gasteiger partial charge on any atom is -0.467 e. The Morgan fingerprint density at radius 1 is 1.13 bits per heavy atom. The first-order valence-corrected chi connectivity index (χ1v) is 5.35. The van der Waals surface area contributed by atoms with Crippen LogP contribution in [-0.2, 0) is 10.2 Å². The first kappa shape index (κ1) is 12.1. The molecule has 0 bridgehead atoms. The van der Waals surface area contributed by atoms with Crippen molar-refractivity contribution in [1.29, 1.82) is 0 Å². The van der Waals surface area contributed by atoms with E-state index in [4.69, 9.17) is 9.47 Å². The molecule has 0 heterocycles. The van der Waals surface area contributed by atoms with Gasteiger partial charge in [-0.1, -0.05) is 39.0 Å². The first-order chi connectivity index (χ1) is 7.05. The molecular weight excluding hydrogens is 188 g/mol. The average molecular weight is 208 g/mol. The highest BCUT2D eigenvalue weighted by Crippen LogP contribution is 2.30. The highest BCUT2D eigenvalue weighted by atomic mass is 16.7. The van der Waals surface area contributed by atoms with Crippen molar-refractivity contribution in [2.45, 2.75) is 33.1 Å². The molecule has 0 atom stereocenters. The summed E-state index contributed by atoms with van der Waals surface area (Å²) in [5.41, 5.74) is 1.31. The zero-order chi connectivity index (χ0) is 11.3. The Bertz CT molecular complexity index is 300. The molecule has 0 aromatic heterocycles. The van der Waals surface area contributed by atoms with Crippen LogP contribution in [0.2, 0.25) is 0 Å². The molecule has 0 radical (unpaired) electrons. The van der Waals surface area contributed by atoms with Crippen LogP contribution < -0.4 is 4.74 Å². The second kappa shape index (κ2) is 5.17. The van der Waals surface area contributed by atoms with E-state index in [1.165, 1.54) is 5.56 Å². The van der Waals surface area contributed by atoms with Crippen molar-refractivity contribution in [3.63, 3.8) is 0 Å². The van der Waals surface area contributed by atoms with Gasteiger partial charge in [0.05, 0.1) is 0 Å². The Balaban J connectivity index is 2.78. The molecule has 0 fully saturated rings. The molecule has 84 valence electrons. The lowest BCUT2D eigenvalue weighted by atomic mass is 9.86. The van der Waals surface area contributed by atoms with Crippen molar-refractivity contribution in [2.75, 3.05) is 13.4 Å². The van der Waals surface area contributed by atoms with Crippen molar-refractivity contribution in [2.24, 2.45) is 0 Å². The van der Waals surface area contributed by atoms with Crippen LogP contribution in [0.25, 0.3) is 0 Å². The third kappa shape index (κ3) is 3.56. The smallest absolute Gasteiger partial charge is 0.189 e. The Kier molecular flexibility index (Phi) is 4.15. The predicted octanol–water partition coefficient (Wildman–Crippen LogP) is 3.36. The predicted molar refractivity (Wildman–Crippen MR) is 62.3 cm³/mol. The standard InChI is InChI=1S/C13H20O2/c1-5-14-10-15-12-9-7-6-8-11(12)13(2,3)4/h6-9H,5,10H2,1-4H3. The number of ether oxygens (including phenoxy) is 2. The van der Waals surface area contributed by atoms with E-state index >= 15 is 0 Å². The van der Waals surface area contributed by atoms with Crippen LogP contribution in [0, 0.1) is 0 Å². The van der Waals surface area contributed by atoms with E-state index in [-0.39, 0.29) is 5.41 Å². The fourth-order valence-electron chi connectivity index (χ4n) is 1.40. The highest BCUT2D eigenvalue weighted by molar-refractivity contribution is 5.38. The molecule has 1 aromatic carbocycles. The van der Waals surface area contributed by atoms with Crippen LogP contribution >= 0.6 is 0 Å². The normalized spacial score (nSPS) is 11.5. The van der Waals surface area contributed by atoms with Gasteiger partial charge in [0.2, 0.25) is 0 Å². The largest absolute Gasteiger partial charge is 0.467 e. The summed E-state index contributed by atoms with van der Waals surface area (Å²) < 4.78 is 10.8. The van der Waals surface area contributed by atoms with E-state index in [0.29, 0.717) is 13.4 Å². The molecule has 0 aliphatic rings. The van der Waals surface area contributed by atoms with Gasteiger partial charge in [-0.3, -0.25) is 0 Å². The molecular formula is C13H20O2. The Hall–Kier alpha value is -1.02. The number of hydrogen-bond donors (Lipinski definition) is 0. The van der Waals surface area contributed by atoms with E-state index in [2.05, 4.69) is 26.8 Å². The van der Waals surface area contributed by atoms with Crippen molar-refractivity contribution < 1.29 is 9.47 Å². The van der Waals surface area contributed by atoms with Crippen LogP contribution in [0.15, 0.2) is 24.3 Å². The van der Waals surface area contributed by atoms with Gasteiger partial charge < -0.3 is 9.47 Å². The maximum absolute atomic E-state index is 5.58.